The fourth-order valence-electron chi connectivity index (χ4n) is 2.03. The predicted molar refractivity (Wildman–Crippen MR) is 67.5 cm³/mol. The van der Waals surface area contributed by atoms with E-state index in [9.17, 15) is 8.42 Å². The van der Waals surface area contributed by atoms with Gasteiger partial charge in [-0.3, -0.25) is 0 Å². The van der Waals surface area contributed by atoms with Gasteiger partial charge in [-0.15, -0.1) is 11.3 Å². The first-order valence-electron chi connectivity index (χ1n) is 5.57. The molecule has 90 valence electrons. The second-order valence-electron chi connectivity index (χ2n) is 4.33. The SMILES string of the molecule is CC(NC1CCS(=O)(=O)CC1)c1cccs1. The average Bonchev–Trinajstić information content (AvgIpc) is 2.74. The van der Waals surface area contributed by atoms with Gasteiger partial charge in [-0.2, -0.15) is 0 Å². The molecule has 0 spiro atoms. The van der Waals surface area contributed by atoms with Crippen molar-refractivity contribution in [1.29, 1.82) is 0 Å². The molecule has 2 heterocycles. The summed E-state index contributed by atoms with van der Waals surface area (Å²) in [6.45, 7) is 2.13. The summed E-state index contributed by atoms with van der Waals surface area (Å²) in [5.74, 6) is 0.670. The molecule has 1 unspecified atom stereocenters. The van der Waals surface area contributed by atoms with Crippen LogP contribution in [0.25, 0.3) is 0 Å². The predicted octanol–water partition coefficient (Wildman–Crippen LogP) is 1.98. The maximum Gasteiger partial charge on any atom is 0.150 e. The number of thiophene rings is 1. The third kappa shape index (κ3) is 3.06. The van der Waals surface area contributed by atoms with E-state index in [4.69, 9.17) is 0 Å². The van der Waals surface area contributed by atoms with E-state index in [1.807, 2.05) is 6.07 Å². The molecule has 1 atom stereocenters. The lowest BCUT2D eigenvalue weighted by atomic mass is 10.1. The Bertz CT molecular complexity index is 411. The average molecular weight is 259 g/mol. The molecular formula is C11H17NO2S2. The molecule has 1 fully saturated rings. The normalized spacial score (nSPS) is 23.1. The first kappa shape index (κ1) is 12.1. The van der Waals surface area contributed by atoms with Crippen LogP contribution in [0.15, 0.2) is 17.5 Å². The number of nitrogens with one attached hydrogen (secondary N) is 1. The van der Waals surface area contributed by atoms with E-state index >= 15 is 0 Å². The summed E-state index contributed by atoms with van der Waals surface area (Å²) < 4.78 is 22.6. The van der Waals surface area contributed by atoms with E-state index in [1.54, 1.807) is 11.3 Å². The molecule has 3 nitrogen and oxygen atoms in total. The van der Waals surface area contributed by atoms with Gasteiger partial charge >= 0.3 is 0 Å². The Morgan fingerprint density at radius 1 is 1.44 bits per heavy atom. The molecule has 16 heavy (non-hydrogen) atoms. The Balaban J connectivity index is 1.87. The number of hydrogen-bond donors (Lipinski definition) is 1. The third-order valence-corrected chi connectivity index (χ3v) is 5.78. The second-order valence-corrected chi connectivity index (χ2v) is 7.61. The first-order chi connectivity index (χ1) is 7.57. The molecule has 1 aromatic rings. The standard InChI is InChI=1S/C11H17NO2S2/c1-9(11-3-2-6-15-11)12-10-4-7-16(13,14)8-5-10/h2-3,6,9-10,12H,4-5,7-8H2,1H3. The van der Waals surface area contributed by atoms with Crippen molar-refractivity contribution in [3.05, 3.63) is 22.4 Å². The fourth-order valence-corrected chi connectivity index (χ4v) is 4.27. The van der Waals surface area contributed by atoms with Gasteiger partial charge in [0.1, 0.15) is 9.84 Å². The van der Waals surface area contributed by atoms with Crippen molar-refractivity contribution in [2.45, 2.75) is 31.8 Å². The lowest BCUT2D eigenvalue weighted by Gasteiger charge is -2.26. The van der Waals surface area contributed by atoms with Crippen LogP contribution >= 0.6 is 11.3 Å². The molecule has 0 saturated carbocycles. The second kappa shape index (κ2) is 4.85. The van der Waals surface area contributed by atoms with Gasteiger partial charge in [0.15, 0.2) is 0 Å². The molecule has 0 bridgehead atoms. The summed E-state index contributed by atoms with van der Waals surface area (Å²) in [5.41, 5.74) is 0. The highest BCUT2D eigenvalue weighted by Crippen LogP contribution is 2.21. The molecule has 1 aliphatic heterocycles. The summed E-state index contributed by atoms with van der Waals surface area (Å²) in [4.78, 5) is 1.31. The largest absolute Gasteiger partial charge is 0.307 e. The van der Waals surface area contributed by atoms with Gasteiger partial charge in [0.05, 0.1) is 11.5 Å². The van der Waals surface area contributed by atoms with Crippen molar-refractivity contribution in [2.24, 2.45) is 0 Å². The fraction of sp³-hybridized carbons (Fsp3) is 0.636. The highest BCUT2D eigenvalue weighted by molar-refractivity contribution is 7.91. The molecule has 1 aliphatic rings. The Hall–Kier alpha value is -0.390. The van der Waals surface area contributed by atoms with Gasteiger partial charge in [0.25, 0.3) is 0 Å². The van der Waals surface area contributed by atoms with Crippen LogP contribution < -0.4 is 5.32 Å². The van der Waals surface area contributed by atoms with Crippen molar-refractivity contribution in [3.63, 3.8) is 0 Å². The molecule has 0 aliphatic carbocycles. The molecule has 0 amide bonds. The minimum atomic E-state index is -2.74. The summed E-state index contributed by atoms with van der Waals surface area (Å²) in [6.07, 6.45) is 1.50. The maximum atomic E-state index is 11.3. The molecule has 2 rings (SSSR count). The van der Waals surface area contributed by atoms with Crippen molar-refractivity contribution in [2.75, 3.05) is 11.5 Å². The minimum absolute atomic E-state index is 0.325. The summed E-state index contributed by atoms with van der Waals surface area (Å²) in [7, 11) is -2.74. The van der Waals surface area contributed by atoms with E-state index in [1.165, 1.54) is 4.88 Å². The van der Waals surface area contributed by atoms with Crippen LogP contribution in [-0.2, 0) is 9.84 Å². The van der Waals surface area contributed by atoms with Gasteiger partial charge < -0.3 is 5.32 Å². The monoisotopic (exact) mass is 259 g/mol. The van der Waals surface area contributed by atoms with Gasteiger partial charge in [-0.1, -0.05) is 6.07 Å². The van der Waals surface area contributed by atoms with Crippen LogP contribution in [0.2, 0.25) is 0 Å². The van der Waals surface area contributed by atoms with E-state index in [-0.39, 0.29) is 0 Å². The molecule has 1 saturated heterocycles. The van der Waals surface area contributed by atoms with Crippen LogP contribution in [0.5, 0.6) is 0 Å². The zero-order chi connectivity index (χ0) is 11.6. The quantitative estimate of drug-likeness (QED) is 0.903. The van der Waals surface area contributed by atoms with Crippen molar-refractivity contribution < 1.29 is 8.42 Å². The minimum Gasteiger partial charge on any atom is -0.307 e. The van der Waals surface area contributed by atoms with Crippen LogP contribution in [0.1, 0.15) is 30.7 Å². The molecule has 1 aromatic heterocycles. The zero-order valence-corrected chi connectivity index (χ0v) is 11.0. The van der Waals surface area contributed by atoms with Crippen LogP contribution in [0.3, 0.4) is 0 Å². The van der Waals surface area contributed by atoms with E-state index in [2.05, 4.69) is 23.7 Å². The Morgan fingerprint density at radius 3 is 2.69 bits per heavy atom. The maximum absolute atomic E-state index is 11.3. The summed E-state index contributed by atoms with van der Waals surface area (Å²) in [6, 6.07) is 4.83. The molecular weight excluding hydrogens is 242 g/mol. The lowest BCUT2D eigenvalue weighted by molar-refractivity contribution is 0.423. The topological polar surface area (TPSA) is 46.2 Å². The van der Waals surface area contributed by atoms with Crippen LogP contribution in [-0.4, -0.2) is 26.0 Å². The molecule has 0 radical (unpaired) electrons. The van der Waals surface area contributed by atoms with Gasteiger partial charge in [0.2, 0.25) is 0 Å². The number of sulfone groups is 1. The van der Waals surface area contributed by atoms with Crippen LogP contribution in [0, 0.1) is 0 Å². The van der Waals surface area contributed by atoms with E-state index < -0.39 is 9.84 Å². The van der Waals surface area contributed by atoms with Gasteiger partial charge in [-0.05, 0) is 31.2 Å². The smallest absolute Gasteiger partial charge is 0.150 e. The number of hydrogen-bond acceptors (Lipinski definition) is 4. The Morgan fingerprint density at radius 2 is 2.12 bits per heavy atom. The highest BCUT2D eigenvalue weighted by atomic mass is 32.2. The number of rotatable bonds is 3. The summed E-state index contributed by atoms with van der Waals surface area (Å²) in [5, 5.41) is 5.57. The van der Waals surface area contributed by atoms with Crippen molar-refractivity contribution in [3.8, 4) is 0 Å². The molecule has 5 heteroatoms. The lowest BCUT2D eigenvalue weighted by Crippen LogP contribution is -2.38. The first-order valence-corrected chi connectivity index (χ1v) is 8.27. The highest BCUT2D eigenvalue weighted by Gasteiger charge is 2.24. The Labute approximate surface area is 101 Å². The zero-order valence-electron chi connectivity index (χ0n) is 9.35. The van der Waals surface area contributed by atoms with E-state index in [0.29, 0.717) is 23.6 Å². The van der Waals surface area contributed by atoms with Crippen LogP contribution in [0.4, 0.5) is 0 Å². The van der Waals surface area contributed by atoms with Crippen molar-refractivity contribution >= 4 is 21.2 Å². The van der Waals surface area contributed by atoms with Crippen molar-refractivity contribution in [1.82, 2.24) is 5.32 Å². The molecule has 1 N–H and O–H groups in total. The Kier molecular flexibility index (Phi) is 3.66. The third-order valence-electron chi connectivity index (χ3n) is 3.01. The van der Waals surface area contributed by atoms with Gasteiger partial charge in [0, 0.05) is 17.0 Å². The summed E-state index contributed by atoms with van der Waals surface area (Å²) >= 11 is 1.74. The van der Waals surface area contributed by atoms with E-state index in [0.717, 1.165) is 12.8 Å². The van der Waals surface area contributed by atoms with Gasteiger partial charge in [-0.25, -0.2) is 8.42 Å². The molecule has 0 aromatic carbocycles.